The van der Waals surface area contributed by atoms with E-state index in [-0.39, 0.29) is 0 Å². The summed E-state index contributed by atoms with van der Waals surface area (Å²) in [5.74, 6) is 2.41. The van der Waals surface area contributed by atoms with Gasteiger partial charge in [0.1, 0.15) is 16.7 Å². The standard InChI is InChI=1S/C46H26N4O2/c1-3-11-28(12-4-1)43-48-44(31-22-24-39-35(26-31)33-16-9-10-18-38(33)51-39)50-45(49-43)36-25-30-20-19-27-21-23-37-42(52-46(47-37)29-13-5-2-6-14-29)41(27)40(30)34-17-8-7-15-32(34)36/h1-26H. The van der Waals surface area contributed by atoms with Crippen molar-refractivity contribution in [2.24, 2.45) is 0 Å². The lowest BCUT2D eigenvalue weighted by Gasteiger charge is -2.14. The Bertz CT molecular complexity index is 3180. The zero-order valence-corrected chi connectivity index (χ0v) is 27.6. The molecule has 0 amide bonds. The summed E-state index contributed by atoms with van der Waals surface area (Å²) in [6.45, 7) is 0. The van der Waals surface area contributed by atoms with Gasteiger partial charge in [-0.2, -0.15) is 0 Å². The molecule has 0 atom stereocenters. The Morgan fingerprint density at radius 2 is 1.00 bits per heavy atom. The van der Waals surface area contributed by atoms with Crippen molar-refractivity contribution in [1.29, 1.82) is 0 Å². The zero-order chi connectivity index (χ0) is 34.2. The molecule has 0 bridgehead atoms. The first-order chi connectivity index (χ1) is 25.7. The highest BCUT2D eigenvalue weighted by molar-refractivity contribution is 6.28. The van der Waals surface area contributed by atoms with Gasteiger partial charge in [-0.25, -0.2) is 19.9 Å². The van der Waals surface area contributed by atoms with Crippen LogP contribution in [0, 0.1) is 0 Å². The second-order valence-corrected chi connectivity index (χ2v) is 13.0. The molecular weight excluding hydrogens is 641 g/mol. The summed E-state index contributed by atoms with van der Waals surface area (Å²) >= 11 is 0. The smallest absolute Gasteiger partial charge is 0.227 e. The van der Waals surface area contributed by atoms with Crippen molar-refractivity contribution < 1.29 is 8.83 Å². The fourth-order valence-electron chi connectivity index (χ4n) is 7.49. The minimum absolute atomic E-state index is 0.593. The summed E-state index contributed by atoms with van der Waals surface area (Å²) in [7, 11) is 0. The van der Waals surface area contributed by atoms with E-state index in [1.165, 1.54) is 0 Å². The van der Waals surface area contributed by atoms with Crippen LogP contribution in [0.1, 0.15) is 0 Å². The van der Waals surface area contributed by atoms with Crippen LogP contribution >= 0.6 is 0 Å². The van der Waals surface area contributed by atoms with Crippen LogP contribution in [0.15, 0.2) is 167 Å². The largest absolute Gasteiger partial charge is 0.456 e. The van der Waals surface area contributed by atoms with Gasteiger partial charge in [-0.3, -0.25) is 0 Å². The average Bonchev–Trinajstić information content (AvgIpc) is 3.83. The van der Waals surface area contributed by atoms with Crippen LogP contribution in [-0.4, -0.2) is 19.9 Å². The number of rotatable bonds is 4. The third-order valence-electron chi connectivity index (χ3n) is 9.92. The molecule has 3 heterocycles. The quantitative estimate of drug-likeness (QED) is 0.174. The molecule has 52 heavy (non-hydrogen) atoms. The van der Waals surface area contributed by atoms with Crippen molar-refractivity contribution in [3.05, 3.63) is 158 Å². The molecule has 0 N–H and O–H groups in total. The minimum atomic E-state index is 0.593. The maximum atomic E-state index is 6.57. The van der Waals surface area contributed by atoms with E-state index in [1.54, 1.807) is 0 Å². The van der Waals surface area contributed by atoms with Gasteiger partial charge >= 0.3 is 0 Å². The Hall–Kier alpha value is -7.18. The molecule has 0 aliphatic carbocycles. The van der Waals surface area contributed by atoms with Gasteiger partial charge in [0.25, 0.3) is 0 Å². The van der Waals surface area contributed by atoms with E-state index in [0.717, 1.165) is 87.6 Å². The lowest BCUT2D eigenvalue weighted by Crippen LogP contribution is -2.00. The van der Waals surface area contributed by atoms with Crippen LogP contribution in [0.4, 0.5) is 0 Å². The summed E-state index contributed by atoms with van der Waals surface area (Å²) in [6.07, 6.45) is 0. The molecule has 11 rings (SSSR count). The van der Waals surface area contributed by atoms with E-state index in [9.17, 15) is 0 Å². The molecule has 6 heteroatoms. The van der Waals surface area contributed by atoms with Crippen LogP contribution in [0.5, 0.6) is 0 Å². The molecule has 0 aliphatic rings. The molecule has 0 radical (unpaired) electrons. The third-order valence-corrected chi connectivity index (χ3v) is 9.92. The van der Waals surface area contributed by atoms with Gasteiger partial charge in [-0.1, -0.05) is 109 Å². The second-order valence-electron chi connectivity index (χ2n) is 13.0. The first kappa shape index (κ1) is 28.6. The summed E-state index contributed by atoms with van der Waals surface area (Å²) in [5.41, 5.74) is 6.95. The molecule has 11 aromatic rings. The summed E-state index contributed by atoms with van der Waals surface area (Å²) in [6, 6.07) is 53.5. The monoisotopic (exact) mass is 666 g/mol. The second kappa shape index (κ2) is 11.2. The first-order valence-corrected chi connectivity index (χ1v) is 17.2. The Morgan fingerprint density at radius 3 is 1.83 bits per heavy atom. The predicted molar refractivity (Wildman–Crippen MR) is 209 cm³/mol. The third kappa shape index (κ3) is 4.44. The van der Waals surface area contributed by atoms with Gasteiger partial charge < -0.3 is 8.83 Å². The number of aromatic nitrogens is 4. The normalized spacial score (nSPS) is 11.8. The number of hydrogen-bond donors (Lipinski definition) is 0. The number of fused-ring (bicyclic) bond motifs is 10. The van der Waals surface area contributed by atoms with Crippen molar-refractivity contribution in [3.63, 3.8) is 0 Å². The van der Waals surface area contributed by atoms with E-state index in [1.807, 2.05) is 97.1 Å². The van der Waals surface area contributed by atoms with Crippen LogP contribution in [0.25, 0.3) is 111 Å². The molecule has 0 fully saturated rings. The van der Waals surface area contributed by atoms with Crippen molar-refractivity contribution in [2.75, 3.05) is 0 Å². The van der Waals surface area contributed by atoms with Gasteiger partial charge in [0.2, 0.25) is 5.89 Å². The Morgan fingerprint density at radius 1 is 0.365 bits per heavy atom. The van der Waals surface area contributed by atoms with Crippen molar-refractivity contribution >= 4 is 65.4 Å². The minimum Gasteiger partial charge on any atom is -0.456 e. The fraction of sp³-hybridized carbons (Fsp3) is 0. The summed E-state index contributed by atoms with van der Waals surface area (Å²) in [4.78, 5) is 20.3. The van der Waals surface area contributed by atoms with Crippen molar-refractivity contribution in [1.82, 2.24) is 19.9 Å². The molecule has 6 nitrogen and oxygen atoms in total. The first-order valence-electron chi connectivity index (χ1n) is 17.2. The van der Waals surface area contributed by atoms with Gasteiger partial charge in [0, 0.05) is 43.8 Å². The molecule has 0 saturated carbocycles. The number of nitrogens with zero attached hydrogens (tertiary/aromatic N) is 4. The molecule has 242 valence electrons. The van der Waals surface area contributed by atoms with E-state index < -0.39 is 0 Å². The van der Waals surface area contributed by atoms with Gasteiger partial charge in [0.05, 0.1) is 0 Å². The van der Waals surface area contributed by atoms with Crippen LogP contribution in [0.2, 0.25) is 0 Å². The average molecular weight is 667 g/mol. The molecule has 0 spiro atoms. The number of para-hydroxylation sites is 1. The van der Waals surface area contributed by atoms with Gasteiger partial charge in [-0.15, -0.1) is 0 Å². The lowest BCUT2D eigenvalue weighted by atomic mass is 9.92. The number of oxazole rings is 1. The highest BCUT2D eigenvalue weighted by atomic mass is 16.3. The molecule has 3 aromatic heterocycles. The SMILES string of the molecule is c1ccc(-c2nc(-c3ccc4oc5ccccc5c4c3)nc(-c3cc4ccc5ccc6nc(-c7ccccc7)oc6c5c4c4ccccc34)n2)cc1. The highest BCUT2D eigenvalue weighted by Gasteiger charge is 2.20. The zero-order valence-electron chi connectivity index (χ0n) is 27.6. The maximum absolute atomic E-state index is 6.57. The van der Waals surface area contributed by atoms with Gasteiger partial charge in [-0.05, 0) is 70.1 Å². The highest BCUT2D eigenvalue weighted by Crippen LogP contribution is 2.42. The Balaban J connectivity index is 1.17. The van der Waals surface area contributed by atoms with Crippen LogP contribution in [0.3, 0.4) is 0 Å². The molecular formula is C46H26N4O2. The Labute approximate surface area is 296 Å². The number of furan rings is 1. The molecule has 0 saturated heterocycles. The number of hydrogen-bond acceptors (Lipinski definition) is 6. The molecule has 0 aliphatic heterocycles. The predicted octanol–water partition coefficient (Wildman–Crippen LogP) is 12.0. The topological polar surface area (TPSA) is 77.8 Å². The lowest BCUT2D eigenvalue weighted by molar-refractivity contribution is 0.623. The fourth-order valence-corrected chi connectivity index (χ4v) is 7.49. The van der Waals surface area contributed by atoms with Crippen molar-refractivity contribution in [3.8, 4) is 45.6 Å². The van der Waals surface area contributed by atoms with E-state index >= 15 is 0 Å². The van der Waals surface area contributed by atoms with E-state index in [0.29, 0.717) is 23.4 Å². The summed E-state index contributed by atoms with van der Waals surface area (Å²) < 4.78 is 12.7. The summed E-state index contributed by atoms with van der Waals surface area (Å²) in [5, 5.41) is 8.48. The van der Waals surface area contributed by atoms with Crippen LogP contribution < -0.4 is 0 Å². The van der Waals surface area contributed by atoms with E-state index in [4.69, 9.17) is 28.8 Å². The van der Waals surface area contributed by atoms with Gasteiger partial charge in [0.15, 0.2) is 23.1 Å². The molecule has 0 unspecified atom stereocenters. The Kier molecular flexibility index (Phi) is 6.15. The molecule has 8 aromatic carbocycles. The maximum Gasteiger partial charge on any atom is 0.227 e. The number of benzene rings is 8. The van der Waals surface area contributed by atoms with Crippen LogP contribution in [-0.2, 0) is 0 Å². The van der Waals surface area contributed by atoms with E-state index in [2.05, 4.69) is 60.7 Å². The van der Waals surface area contributed by atoms with Crippen molar-refractivity contribution in [2.45, 2.75) is 0 Å².